The van der Waals surface area contributed by atoms with E-state index in [0.717, 1.165) is 35.8 Å². The molecule has 6 aliphatic rings. The van der Waals surface area contributed by atoms with Crippen LogP contribution in [0.15, 0.2) is 31.2 Å². The van der Waals surface area contributed by atoms with E-state index in [0.29, 0.717) is 35.7 Å². The highest BCUT2D eigenvalue weighted by atomic mass is 32.3. The van der Waals surface area contributed by atoms with E-state index in [2.05, 4.69) is 20.3 Å². The summed E-state index contributed by atoms with van der Waals surface area (Å²) in [5, 5.41) is 10.0. The van der Waals surface area contributed by atoms with E-state index in [1.165, 1.54) is 9.80 Å². The molecule has 2 aromatic heterocycles. The summed E-state index contributed by atoms with van der Waals surface area (Å²) in [4.78, 5) is 38.1. The Kier molecular flexibility index (Phi) is 6.45. The predicted molar refractivity (Wildman–Crippen MR) is 157 cm³/mol. The first kappa shape index (κ1) is 29.8. The molecular weight excluding hydrogens is 640 g/mol. The maximum atomic E-state index is 13.6. The van der Waals surface area contributed by atoms with Gasteiger partial charge in [0.15, 0.2) is 23.4 Å². The first-order valence-corrected chi connectivity index (χ1v) is 16.6. The number of piperidine rings is 2. The second-order valence-electron chi connectivity index (χ2n) is 13.2. The van der Waals surface area contributed by atoms with Gasteiger partial charge in [-0.2, -0.15) is 18.5 Å². The summed E-state index contributed by atoms with van der Waals surface area (Å²) >= 11 is 0. The third-order valence-electron chi connectivity index (χ3n) is 10.3. The Balaban J connectivity index is 0.983. The van der Waals surface area contributed by atoms with Crippen LogP contribution >= 0.6 is 0 Å². The number of carbonyl (C=O) groups excluding carboxylic acids is 2. The molecule has 2 aromatic rings. The van der Waals surface area contributed by atoms with Crippen molar-refractivity contribution in [2.45, 2.75) is 75.8 Å². The van der Waals surface area contributed by atoms with Crippen molar-refractivity contribution < 1.29 is 35.6 Å². The second kappa shape index (κ2) is 10.2. The molecular formula is C26H34N12O8S. The smallest absolute Gasteiger partial charge is 0.370 e. The zero-order valence-electron chi connectivity index (χ0n) is 25.1. The van der Waals surface area contributed by atoms with Crippen LogP contribution in [0.3, 0.4) is 0 Å². The molecule has 4 aliphatic heterocycles. The zero-order chi connectivity index (χ0) is 32.9. The van der Waals surface area contributed by atoms with Crippen LogP contribution < -0.4 is 22.9 Å². The number of hydroxylamine groups is 4. The molecule has 2 spiro atoms. The van der Waals surface area contributed by atoms with Crippen LogP contribution in [-0.4, -0.2) is 87.8 Å². The lowest BCUT2D eigenvalue weighted by molar-refractivity contribution is -0.101. The molecule has 0 aromatic carbocycles. The van der Waals surface area contributed by atoms with E-state index in [1.807, 2.05) is 0 Å². The minimum Gasteiger partial charge on any atom is -0.370 e. The summed E-state index contributed by atoms with van der Waals surface area (Å²) in [6.07, 6.45) is 4.18. The molecule has 20 nitrogen and oxygen atoms in total. The average molecular weight is 675 g/mol. The molecule has 2 aliphatic carbocycles. The number of carbonyl (C=O) groups is 2. The van der Waals surface area contributed by atoms with Crippen molar-refractivity contribution in [3.63, 3.8) is 0 Å². The topological polar surface area (TPSA) is 281 Å². The summed E-state index contributed by atoms with van der Waals surface area (Å²) in [6, 6.07) is 0.0604. The Hall–Kier alpha value is -4.63. The molecule has 4 saturated heterocycles. The summed E-state index contributed by atoms with van der Waals surface area (Å²) in [6.45, 7) is 0.621. The molecule has 0 unspecified atom stereocenters. The number of urea groups is 2. The summed E-state index contributed by atoms with van der Waals surface area (Å²) < 4.78 is 48.4. The number of aliphatic imine (C=N–C) groups is 2. The van der Waals surface area contributed by atoms with E-state index in [9.17, 15) is 18.0 Å². The van der Waals surface area contributed by atoms with Gasteiger partial charge in [0, 0.05) is 25.2 Å². The second-order valence-corrected chi connectivity index (χ2v) is 14.3. The van der Waals surface area contributed by atoms with Crippen molar-refractivity contribution in [1.82, 2.24) is 30.2 Å². The number of hydrogen-bond acceptors (Lipinski definition) is 12. The third kappa shape index (κ3) is 4.99. The number of aromatic nitrogens is 2. The fourth-order valence-corrected chi connectivity index (χ4v) is 8.38. The quantitative estimate of drug-likeness (QED) is 0.186. The zero-order valence-corrected chi connectivity index (χ0v) is 25.9. The molecule has 252 valence electrons. The predicted octanol–water partition coefficient (Wildman–Crippen LogP) is -0.320. The first-order chi connectivity index (χ1) is 22.4. The normalized spacial score (nSPS) is 28.0. The van der Waals surface area contributed by atoms with E-state index in [-0.39, 0.29) is 48.9 Å². The standard InChI is InChI=1S/C26H34N12O8S/c27-21(28)31-9-13-5-15(33-43-13)17-7-25(1-2-25)19-11-35(17)23(39)37(19)45-47(41,42)46-38-20-12-36(24(38)40)18(8-26(20)3-4-26)16-6-14(44-34-16)10-32-22(29)30/h5-6,17-20H,1-4,7-12H2,(H4,27,28,31)(H4,29,30,32)/t17-,18-,19-,20-/m0/s1. The highest BCUT2D eigenvalue weighted by Gasteiger charge is 2.66. The molecule has 4 atom stereocenters. The van der Waals surface area contributed by atoms with Gasteiger partial charge in [0.25, 0.3) is 0 Å². The van der Waals surface area contributed by atoms with Crippen LogP contribution in [0.25, 0.3) is 0 Å². The molecule has 0 radical (unpaired) electrons. The Labute approximate surface area is 267 Å². The van der Waals surface area contributed by atoms with E-state index < -0.39 is 46.6 Å². The Bertz CT molecular complexity index is 1670. The van der Waals surface area contributed by atoms with Gasteiger partial charge in [-0.25, -0.2) is 19.6 Å². The van der Waals surface area contributed by atoms with Gasteiger partial charge in [-0.15, -0.1) is 8.57 Å². The number of rotatable bonds is 10. The Morgan fingerprint density at radius 2 is 1.19 bits per heavy atom. The van der Waals surface area contributed by atoms with Crippen molar-refractivity contribution in [1.29, 1.82) is 0 Å². The molecule has 4 amide bonds. The van der Waals surface area contributed by atoms with Gasteiger partial charge in [-0.3, -0.25) is 0 Å². The first-order valence-electron chi connectivity index (χ1n) is 15.2. The third-order valence-corrected chi connectivity index (χ3v) is 11.0. The lowest BCUT2D eigenvalue weighted by Gasteiger charge is -2.36. The number of fused-ring (bicyclic) bond motifs is 6. The minimum atomic E-state index is -4.91. The maximum Gasteiger partial charge on any atom is 0.442 e. The summed E-state index contributed by atoms with van der Waals surface area (Å²) in [5.74, 6) is 0.634. The van der Waals surface area contributed by atoms with Gasteiger partial charge in [0.2, 0.25) is 0 Å². The van der Waals surface area contributed by atoms with Crippen LogP contribution in [0.1, 0.15) is 73.5 Å². The molecule has 2 saturated carbocycles. The van der Waals surface area contributed by atoms with Crippen LogP contribution in [0, 0.1) is 10.8 Å². The lowest BCUT2D eigenvalue weighted by atomic mass is 9.84. The lowest BCUT2D eigenvalue weighted by Crippen LogP contribution is -2.45. The Morgan fingerprint density at radius 1 is 0.787 bits per heavy atom. The van der Waals surface area contributed by atoms with Crippen molar-refractivity contribution >= 4 is 34.4 Å². The van der Waals surface area contributed by atoms with Crippen LogP contribution in [-0.2, 0) is 32.1 Å². The fourth-order valence-electron chi connectivity index (χ4n) is 7.63. The van der Waals surface area contributed by atoms with Gasteiger partial charge in [0.05, 0.1) is 24.2 Å². The van der Waals surface area contributed by atoms with Crippen LogP contribution in [0.2, 0.25) is 0 Å². The molecule has 6 heterocycles. The highest BCUT2D eigenvalue weighted by Crippen LogP contribution is 2.63. The molecule has 47 heavy (non-hydrogen) atoms. The number of nitrogens with zero attached hydrogens (tertiary/aromatic N) is 8. The Morgan fingerprint density at radius 3 is 1.55 bits per heavy atom. The maximum absolute atomic E-state index is 13.6. The van der Waals surface area contributed by atoms with Crippen LogP contribution in [0.4, 0.5) is 9.59 Å². The fraction of sp³-hybridized carbons (Fsp3) is 0.615. The molecule has 6 fully saturated rings. The van der Waals surface area contributed by atoms with Gasteiger partial charge >= 0.3 is 22.5 Å². The minimum absolute atomic E-state index is 0.0866. The number of nitrogens with two attached hydrogens (primary N) is 4. The summed E-state index contributed by atoms with van der Waals surface area (Å²) in [7, 11) is -4.91. The average Bonchev–Trinajstić information content (AvgIpc) is 3.73. The molecule has 8 N–H and O–H groups in total. The van der Waals surface area contributed by atoms with Crippen molar-refractivity contribution in [2.75, 3.05) is 13.1 Å². The van der Waals surface area contributed by atoms with E-state index in [4.69, 9.17) is 40.5 Å². The molecule has 21 heteroatoms. The van der Waals surface area contributed by atoms with Gasteiger partial charge in [0.1, 0.15) is 24.5 Å². The SMILES string of the molecule is NC(N)=NCc1cc([C@@H]2CC3(CC3)[C@@H]3CN2C(=O)N3OS(=O)(=O)ON2C(=O)N3C[C@H]2C2(CC2)C[C@H]3c2cc(CN=C(N)N)on2)no1. The van der Waals surface area contributed by atoms with Crippen LogP contribution in [0.5, 0.6) is 0 Å². The van der Waals surface area contributed by atoms with Crippen molar-refractivity contribution in [3.05, 3.63) is 35.0 Å². The highest BCUT2D eigenvalue weighted by molar-refractivity contribution is 7.81. The molecule has 8 rings (SSSR count). The van der Waals surface area contributed by atoms with Crippen molar-refractivity contribution in [3.8, 4) is 0 Å². The van der Waals surface area contributed by atoms with Gasteiger partial charge < -0.3 is 41.8 Å². The summed E-state index contributed by atoms with van der Waals surface area (Å²) in [5.41, 5.74) is 21.9. The van der Waals surface area contributed by atoms with Gasteiger partial charge in [-0.05, 0) is 49.4 Å². The largest absolute Gasteiger partial charge is 0.442 e. The van der Waals surface area contributed by atoms with E-state index in [1.54, 1.807) is 12.1 Å². The monoisotopic (exact) mass is 674 g/mol. The number of hydrogen-bond donors (Lipinski definition) is 4. The van der Waals surface area contributed by atoms with Gasteiger partial charge in [-0.1, -0.05) is 10.3 Å². The molecule has 4 bridgehead atoms. The van der Waals surface area contributed by atoms with E-state index >= 15 is 0 Å². The number of guanidine groups is 2. The van der Waals surface area contributed by atoms with Crippen molar-refractivity contribution in [2.24, 2.45) is 43.7 Å². The number of amides is 4.